The second kappa shape index (κ2) is 9.37. The number of aryl methyl sites for hydroxylation is 1. The third-order valence-corrected chi connectivity index (χ3v) is 5.81. The Labute approximate surface area is 182 Å². The molecule has 1 fully saturated rings. The van der Waals surface area contributed by atoms with Crippen molar-refractivity contribution in [2.45, 2.75) is 38.0 Å². The minimum absolute atomic E-state index is 0.0422. The molecule has 164 valence electrons. The summed E-state index contributed by atoms with van der Waals surface area (Å²) in [6, 6.07) is 12.6. The quantitative estimate of drug-likeness (QED) is 0.345. The molecule has 0 spiro atoms. The number of carbonyl (C=O) groups is 1. The normalized spacial score (nSPS) is 16.8. The van der Waals surface area contributed by atoms with Crippen molar-refractivity contribution in [3.63, 3.8) is 0 Å². The van der Waals surface area contributed by atoms with Gasteiger partial charge in [0.15, 0.2) is 5.96 Å². The highest BCUT2D eigenvalue weighted by atomic mass is 19.1. The number of fused-ring (bicyclic) bond motifs is 1. The smallest absolute Gasteiger partial charge is 0.224 e. The van der Waals surface area contributed by atoms with Gasteiger partial charge in [-0.25, -0.2) is 4.39 Å². The summed E-state index contributed by atoms with van der Waals surface area (Å²) in [6.07, 6.45) is 3.31. The Morgan fingerprint density at radius 2 is 2.06 bits per heavy atom. The highest BCUT2D eigenvalue weighted by molar-refractivity contribution is 5.94. The van der Waals surface area contributed by atoms with Gasteiger partial charge < -0.3 is 20.7 Å². The average molecular weight is 425 g/mol. The summed E-state index contributed by atoms with van der Waals surface area (Å²) >= 11 is 0. The Kier molecular flexibility index (Phi) is 6.39. The zero-order chi connectivity index (χ0) is 21.7. The highest BCUT2D eigenvalue weighted by Gasteiger charge is 2.44. The number of aliphatic imine (C=N–C) groups is 1. The summed E-state index contributed by atoms with van der Waals surface area (Å²) < 4.78 is 19.5. The third-order valence-electron chi connectivity index (χ3n) is 5.81. The fourth-order valence-electron chi connectivity index (χ4n) is 3.87. The van der Waals surface area contributed by atoms with E-state index in [1.54, 1.807) is 12.1 Å². The van der Waals surface area contributed by atoms with Crippen molar-refractivity contribution in [3.05, 3.63) is 59.4 Å². The number of halogens is 1. The molecule has 7 heteroatoms. The molecule has 0 bridgehead atoms. The van der Waals surface area contributed by atoms with Gasteiger partial charge in [-0.15, -0.1) is 0 Å². The Hall–Kier alpha value is -3.09. The Balaban J connectivity index is 1.28. The van der Waals surface area contributed by atoms with Crippen LogP contribution in [0.4, 0.5) is 10.1 Å². The van der Waals surface area contributed by atoms with Crippen molar-refractivity contribution in [2.75, 3.05) is 31.6 Å². The highest BCUT2D eigenvalue weighted by Crippen LogP contribution is 2.48. The number of nitrogens with zero attached hydrogens (tertiary/aromatic N) is 1. The van der Waals surface area contributed by atoms with E-state index in [-0.39, 0.29) is 17.1 Å². The van der Waals surface area contributed by atoms with Gasteiger partial charge in [0, 0.05) is 24.1 Å². The van der Waals surface area contributed by atoms with Crippen LogP contribution in [-0.2, 0) is 16.6 Å². The number of benzene rings is 2. The summed E-state index contributed by atoms with van der Waals surface area (Å²) in [4.78, 5) is 16.2. The molecule has 1 heterocycles. The van der Waals surface area contributed by atoms with Gasteiger partial charge in [0.25, 0.3) is 0 Å². The lowest BCUT2D eigenvalue weighted by Gasteiger charge is -2.18. The van der Waals surface area contributed by atoms with E-state index in [1.165, 1.54) is 6.07 Å². The topological polar surface area (TPSA) is 74.8 Å². The zero-order valence-electron chi connectivity index (χ0n) is 17.8. The molecule has 2 aromatic carbocycles. The standard InChI is InChI=1S/C24H29FN4O2/c1-2-26-23(28-16-24(10-11-24)18-4-3-5-19(25)15-18)27-12-13-31-20-7-8-21-17(14-20)6-9-22(30)29-21/h3-5,7-8,14-15H,2,6,9-13,16H2,1H3,(H,29,30)(H2,26,27,28). The summed E-state index contributed by atoms with van der Waals surface area (Å²) in [5.41, 5.74) is 2.96. The number of guanidine groups is 1. The lowest BCUT2D eigenvalue weighted by atomic mass is 9.96. The molecule has 2 aliphatic rings. The molecule has 1 saturated carbocycles. The first-order chi connectivity index (χ1) is 15.1. The lowest BCUT2D eigenvalue weighted by molar-refractivity contribution is -0.116. The van der Waals surface area contributed by atoms with E-state index in [0.717, 1.165) is 54.3 Å². The van der Waals surface area contributed by atoms with Gasteiger partial charge in [0.1, 0.15) is 18.2 Å². The molecule has 0 atom stereocenters. The van der Waals surface area contributed by atoms with Gasteiger partial charge in [-0.2, -0.15) is 0 Å². The summed E-state index contributed by atoms with van der Waals surface area (Å²) in [5, 5.41) is 9.44. The van der Waals surface area contributed by atoms with Crippen LogP contribution in [0.5, 0.6) is 5.75 Å². The van der Waals surface area contributed by atoms with Crippen LogP contribution < -0.4 is 20.7 Å². The first-order valence-corrected chi connectivity index (χ1v) is 10.9. The first kappa shape index (κ1) is 21.2. The van der Waals surface area contributed by atoms with Crippen molar-refractivity contribution >= 4 is 17.6 Å². The predicted molar refractivity (Wildman–Crippen MR) is 120 cm³/mol. The van der Waals surface area contributed by atoms with Gasteiger partial charge in [-0.1, -0.05) is 12.1 Å². The Morgan fingerprint density at radius 3 is 2.84 bits per heavy atom. The number of carbonyl (C=O) groups excluding carboxylic acids is 1. The Morgan fingerprint density at radius 1 is 1.19 bits per heavy atom. The van der Waals surface area contributed by atoms with E-state index in [2.05, 4.69) is 16.0 Å². The van der Waals surface area contributed by atoms with Crippen LogP contribution >= 0.6 is 0 Å². The van der Waals surface area contributed by atoms with E-state index in [4.69, 9.17) is 9.73 Å². The molecule has 3 N–H and O–H groups in total. The molecule has 0 saturated heterocycles. The molecular formula is C24H29FN4O2. The predicted octanol–water partition coefficient (Wildman–Crippen LogP) is 3.38. The van der Waals surface area contributed by atoms with Gasteiger partial charge in [0.2, 0.25) is 5.91 Å². The van der Waals surface area contributed by atoms with Crippen LogP contribution in [0.3, 0.4) is 0 Å². The van der Waals surface area contributed by atoms with Gasteiger partial charge in [-0.05, 0) is 67.6 Å². The second-order valence-electron chi connectivity index (χ2n) is 8.13. The number of ether oxygens (including phenoxy) is 1. The molecular weight excluding hydrogens is 395 g/mol. The molecule has 0 aromatic heterocycles. The summed E-state index contributed by atoms with van der Waals surface area (Å²) in [5.74, 6) is 1.40. The molecule has 0 unspecified atom stereocenters. The van der Waals surface area contributed by atoms with Gasteiger partial charge in [0.05, 0.1) is 13.1 Å². The van der Waals surface area contributed by atoms with Gasteiger partial charge >= 0.3 is 0 Å². The van der Waals surface area contributed by atoms with Crippen LogP contribution in [0.25, 0.3) is 0 Å². The number of hydrogen-bond donors (Lipinski definition) is 3. The van der Waals surface area contributed by atoms with Crippen molar-refractivity contribution in [1.82, 2.24) is 10.6 Å². The van der Waals surface area contributed by atoms with E-state index < -0.39 is 0 Å². The fraction of sp³-hybridized carbons (Fsp3) is 0.417. The van der Waals surface area contributed by atoms with Crippen molar-refractivity contribution in [1.29, 1.82) is 0 Å². The lowest BCUT2D eigenvalue weighted by Crippen LogP contribution is -2.39. The molecule has 6 nitrogen and oxygen atoms in total. The zero-order valence-corrected chi connectivity index (χ0v) is 17.8. The minimum atomic E-state index is -0.195. The third kappa shape index (κ3) is 5.34. The van der Waals surface area contributed by atoms with Crippen LogP contribution in [0.1, 0.15) is 37.3 Å². The van der Waals surface area contributed by atoms with Crippen molar-refractivity contribution in [3.8, 4) is 5.75 Å². The summed E-state index contributed by atoms with van der Waals surface area (Å²) in [7, 11) is 0. The molecule has 0 radical (unpaired) electrons. The average Bonchev–Trinajstić information content (AvgIpc) is 3.56. The number of anilines is 1. The molecule has 4 rings (SSSR count). The first-order valence-electron chi connectivity index (χ1n) is 10.9. The molecule has 31 heavy (non-hydrogen) atoms. The van der Waals surface area contributed by atoms with Crippen LogP contribution in [0, 0.1) is 5.82 Å². The number of amides is 1. The fourth-order valence-corrected chi connectivity index (χ4v) is 3.87. The van der Waals surface area contributed by atoms with E-state index in [1.807, 2.05) is 31.2 Å². The number of hydrogen-bond acceptors (Lipinski definition) is 3. The van der Waals surface area contributed by atoms with Crippen LogP contribution in [0.15, 0.2) is 47.5 Å². The van der Waals surface area contributed by atoms with E-state index in [9.17, 15) is 9.18 Å². The molecule has 1 aliphatic heterocycles. The van der Waals surface area contributed by atoms with Crippen LogP contribution in [0.2, 0.25) is 0 Å². The minimum Gasteiger partial charge on any atom is -0.492 e. The maximum atomic E-state index is 13.6. The van der Waals surface area contributed by atoms with Gasteiger partial charge in [-0.3, -0.25) is 9.79 Å². The van der Waals surface area contributed by atoms with E-state index in [0.29, 0.717) is 26.1 Å². The van der Waals surface area contributed by atoms with E-state index >= 15 is 0 Å². The maximum Gasteiger partial charge on any atom is 0.224 e. The number of rotatable bonds is 8. The maximum absolute atomic E-state index is 13.6. The Bertz CT molecular complexity index is 972. The molecule has 2 aromatic rings. The largest absolute Gasteiger partial charge is 0.492 e. The van der Waals surface area contributed by atoms with Crippen molar-refractivity contribution < 1.29 is 13.9 Å². The van der Waals surface area contributed by atoms with Crippen LogP contribution in [-0.4, -0.2) is 38.1 Å². The molecule has 1 aliphatic carbocycles. The molecule has 1 amide bonds. The van der Waals surface area contributed by atoms with Crippen molar-refractivity contribution in [2.24, 2.45) is 4.99 Å². The SMILES string of the molecule is CCNC(=NCC1(c2cccc(F)c2)CC1)NCCOc1ccc2c(c1)CCC(=O)N2. The monoisotopic (exact) mass is 424 g/mol. The number of nitrogens with one attached hydrogen (secondary N) is 3. The second-order valence-corrected chi connectivity index (χ2v) is 8.13. The summed E-state index contributed by atoms with van der Waals surface area (Å²) in [6.45, 7) is 4.51.